The number of fused-ring (bicyclic) bond motifs is 12. The first-order valence-electron chi connectivity index (χ1n) is 16.9. The average Bonchev–Trinajstić information content (AvgIpc) is 3.55. The summed E-state index contributed by atoms with van der Waals surface area (Å²) >= 11 is 0. The van der Waals surface area contributed by atoms with E-state index >= 15 is 0 Å². The van der Waals surface area contributed by atoms with Crippen LogP contribution in [-0.2, 0) is 12.8 Å². The van der Waals surface area contributed by atoms with Gasteiger partial charge in [-0.2, -0.15) is 0 Å². The minimum Gasteiger partial charge on any atom is -0.454 e. The lowest BCUT2D eigenvalue weighted by atomic mass is 9.79. The summed E-state index contributed by atoms with van der Waals surface area (Å²) in [5.41, 5.74) is 13.1. The third-order valence-electron chi connectivity index (χ3n) is 10.7. The highest BCUT2D eigenvalue weighted by Crippen LogP contribution is 2.49. The number of hydrogen-bond donors (Lipinski definition) is 0. The second-order valence-electron chi connectivity index (χ2n) is 13.2. The summed E-state index contributed by atoms with van der Waals surface area (Å²) < 4.78 is 6.43. The van der Waals surface area contributed by atoms with E-state index in [0.717, 1.165) is 51.2 Å². The molecule has 0 N–H and O–H groups in total. The number of rotatable bonds is 2. The topological polar surface area (TPSA) is 38.9 Å². The van der Waals surface area contributed by atoms with Crippen molar-refractivity contribution in [3.8, 4) is 33.4 Å². The Balaban J connectivity index is 1.22. The molecule has 1 aliphatic carbocycles. The first kappa shape index (κ1) is 26.7. The maximum Gasteiger partial charge on any atom is 0.161 e. The Labute approximate surface area is 282 Å². The SMILES string of the molecule is c1ccc2c(c1)CCc1cc(-c3c4ccccc4c(-c4ccc5oc6c7ccncc7cnc6c5c4)c4ccccc34)c3ccccc3c1-2. The van der Waals surface area contributed by atoms with Crippen LogP contribution in [0.4, 0.5) is 0 Å². The lowest BCUT2D eigenvalue weighted by Crippen LogP contribution is -2.05. The molecule has 228 valence electrons. The van der Waals surface area contributed by atoms with E-state index in [1.54, 1.807) is 0 Å². The van der Waals surface area contributed by atoms with Crippen LogP contribution in [0.1, 0.15) is 11.1 Å². The highest BCUT2D eigenvalue weighted by atomic mass is 16.3. The molecule has 0 fully saturated rings. The Morgan fingerprint density at radius 2 is 1.12 bits per heavy atom. The van der Waals surface area contributed by atoms with Crippen LogP contribution in [0.25, 0.3) is 98.5 Å². The van der Waals surface area contributed by atoms with Crippen molar-refractivity contribution in [1.82, 2.24) is 9.97 Å². The largest absolute Gasteiger partial charge is 0.454 e. The van der Waals surface area contributed by atoms with E-state index in [1.807, 2.05) is 24.7 Å². The highest BCUT2D eigenvalue weighted by Gasteiger charge is 2.24. The molecule has 0 aliphatic heterocycles. The van der Waals surface area contributed by atoms with Gasteiger partial charge in [-0.1, -0.05) is 103 Å². The van der Waals surface area contributed by atoms with Gasteiger partial charge in [0.05, 0.1) is 0 Å². The predicted molar refractivity (Wildman–Crippen MR) is 203 cm³/mol. The second-order valence-corrected chi connectivity index (χ2v) is 13.2. The fourth-order valence-electron chi connectivity index (χ4n) is 8.54. The number of hydrogen-bond acceptors (Lipinski definition) is 3. The summed E-state index contributed by atoms with van der Waals surface area (Å²) in [6, 6.07) is 46.9. The van der Waals surface area contributed by atoms with E-state index in [-0.39, 0.29) is 0 Å². The van der Waals surface area contributed by atoms with Crippen molar-refractivity contribution in [2.75, 3.05) is 0 Å². The summed E-state index contributed by atoms with van der Waals surface area (Å²) in [5.74, 6) is 0. The average molecular weight is 625 g/mol. The van der Waals surface area contributed by atoms with Gasteiger partial charge in [0.15, 0.2) is 5.58 Å². The van der Waals surface area contributed by atoms with Gasteiger partial charge in [0.1, 0.15) is 11.1 Å². The van der Waals surface area contributed by atoms with Gasteiger partial charge in [-0.3, -0.25) is 9.97 Å². The summed E-state index contributed by atoms with van der Waals surface area (Å²) in [6.45, 7) is 0. The Morgan fingerprint density at radius 1 is 0.469 bits per heavy atom. The molecule has 7 aromatic carbocycles. The summed E-state index contributed by atoms with van der Waals surface area (Å²) in [7, 11) is 0. The van der Waals surface area contributed by atoms with Gasteiger partial charge < -0.3 is 4.42 Å². The van der Waals surface area contributed by atoms with Crippen LogP contribution in [0.15, 0.2) is 150 Å². The van der Waals surface area contributed by atoms with Gasteiger partial charge in [0.25, 0.3) is 0 Å². The lowest BCUT2D eigenvalue weighted by Gasteiger charge is -2.25. The van der Waals surface area contributed by atoms with Gasteiger partial charge in [-0.15, -0.1) is 0 Å². The molecule has 0 amide bonds. The predicted octanol–water partition coefficient (Wildman–Crippen LogP) is 12.1. The van der Waals surface area contributed by atoms with E-state index in [0.29, 0.717) is 0 Å². The molecule has 49 heavy (non-hydrogen) atoms. The van der Waals surface area contributed by atoms with Gasteiger partial charge in [-0.25, -0.2) is 0 Å². The molecular weight excluding hydrogens is 597 g/mol. The molecule has 0 unspecified atom stereocenters. The molecule has 3 heterocycles. The molecule has 3 heteroatoms. The minimum absolute atomic E-state index is 0.805. The van der Waals surface area contributed by atoms with Gasteiger partial charge in [0, 0.05) is 34.7 Å². The summed E-state index contributed by atoms with van der Waals surface area (Å²) in [5, 5.41) is 10.6. The highest BCUT2D eigenvalue weighted by molar-refractivity contribution is 6.25. The molecule has 0 bridgehead atoms. The minimum atomic E-state index is 0.805. The van der Waals surface area contributed by atoms with Crippen molar-refractivity contribution in [2.24, 2.45) is 0 Å². The second kappa shape index (κ2) is 10.1. The van der Waals surface area contributed by atoms with Crippen LogP contribution in [-0.4, -0.2) is 9.97 Å². The molecule has 3 aromatic heterocycles. The van der Waals surface area contributed by atoms with Crippen LogP contribution in [0.5, 0.6) is 0 Å². The fraction of sp³-hybridized carbons (Fsp3) is 0.0435. The van der Waals surface area contributed by atoms with Crippen molar-refractivity contribution in [3.63, 3.8) is 0 Å². The van der Waals surface area contributed by atoms with Crippen LogP contribution in [0.2, 0.25) is 0 Å². The standard InChI is InChI=1S/C46H28N2O/c1-2-10-31-27(9-1)17-18-28-23-39(33-11-3-4-12-34(33)42(28)31)44-37-15-7-5-13-35(37)43(36-14-6-8-16-38(36)44)29-19-20-41-40(24-29)45-46(49-41)32-21-22-47-25-30(32)26-48-45/h1-16,19-26H,17-18H2. The third-order valence-corrected chi connectivity index (χ3v) is 10.7. The Hall–Kier alpha value is -6.32. The lowest BCUT2D eigenvalue weighted by molar-refractivity contribution is 0.672. The monoisotopic (exact) mass is 624 g/mol. The maximum absolute atomic E-state index is 6.43. The van der Waals surface area contributed by atoms with Gasteiger partial charge >= 0.3 is 0 Å². The molecule has 1 aliphatic rings. The van der Waals surface area contributed by atoms with E-state index in [1.165, 1.54) is 71.3 Å². The van der Waals surface area contributed by atoms with Crippen LogP contribution in [0.3, 0.4) is 0 Å². The molecule has 10 aromatic rings. The van der Waals surface area contributed by atoms with Crippen molar-refractivity contribution >= 4 is 65.2 Å². The number of pyridine rings is 2. The van der Waals surface area contributed by atoms with Gasteiger partial charge in [-0.05, 0) is 114 Å². The smallest absolute Gasteiger partial charge is 0.161 e. The van der Waals surface area contributed by atoms with Crippen molar-refractivity contribution in [1.29, 1.82) is 0 Å². The normalized spacial score (nSPS) is 12.7. The first-order valence-corrected chi connectivity index (χ1v) is 16.9. The summed E-state index contributed by atoms with van der Waals surface area (Å²) in [6.07, 6.45) is 7.65. The molecule has 0 atom stereocenters. The Morgan fingerprint density at radius 3 is 1.90 bits per heavy atom. The van der Waals surface area contributed by atoms with E-state index < -0.39 is 0 Å². The number of furan rings is 1. The van der Waals surface area contributed by atoms with Crippen molar-refractivity contribution in [3.05, 3.63) is 157 Å². The Kier molecular flexibility index (Phi) is 5.50. The Bertz CT molecular complexity index is 2950. The van der Waals surface area contributed by atoms with Crippen LogP contribution in [0, 0.1) is 0 Å². The number of benzene rings is 7. The van der Waals surface area contributed by atoms with Crippen molar-refractivity contribution in [2.45, 2.75) is 12.8 Å². The van der Waals surface area contributed by atoms with Crippen LogP contribution >= 0.6 is 0 Å². The van der Waals surface area contributed by atoms with E-state index in [9.17, 15) is 0 Å². The molecule has 0 radical (unpaired) electrons. The molecule has 11 rings (SSSR count). The zero-order chi connectivity index (χ0) is 32.1. The van der Waals surface area contributed by atoms with E-state index in [2.05, 4.69) is 126 Å². The van der Waals surface area contributed by atoms with Crippen LogP contribution < -0.4 is 0 Å². The molecule has 0 saturated carbocycles. The third kappa shape index (κ3) is 3.78. The number of aryl methyl sites for hydroxylation is 2. The molecular formula is C46H28N2O. The van der Waals surface area contributed by atoms with E-state index in [4.69, 9.17) is 9.40 Å². The molecule has 0 spiro atoms. The van der Waals surface area contributed by atoms with Crippen molar-refractivity contribution < 1.29 is 4.42 Å². The maximum atomic E-state index is 6.43. The zero-order valence-electron chi connectivity index (χ0n) is 26.6. The van der Waals surface area contributed by atoms with Gasteiger partial charge in [0.2, 0.25) is 0 Å². The quantitative estimate of drug-likeness (QED) is 0.180. The molecule has 0 saturated heterocycles. The fourth-order valence-corrected chi connectivity index (χ4v) is 8.54. The number of nitrogens with zero attached hydrogens (tertiary/aromatic N) is 2. The number of aromatic nitrogens is 2. The summed E-state index contributed by atoms with van der Waals surface area (Å²) in [4.78, 5) is 9.13. The zero-order valence-corrected chi connectivity index (χ0v) is 26.6. The first-order chi connectivity index (χ1) is 24.3. The molecule has 3 nitrogen and oxygen atoms in total.